The first kappa shape index (κ1) is 30.6. The molecule has 0 saturated heterocycles. The van der Waals surface area contributed by atoms with Crippen LogP contribution in [0.5, 0.6) is 0 Å². The fraction of sp³-hybridized carbons (Fsp3) is 0.643. The molecule has 190 valence electrons. The van der Waals surface area contributed by atoms with E-state index in [0.717, 1.165) is 38.0 Å². The van der Waals surface area contributed by atoms with Crippen molar-refractivity contribution in [1.82, 2.24) is 5.32 Å². The van der Waals surface area contributed by atoms with Gasteiger partial charge in [-0.3, -0.25) is 9.59 Å². The molecule has 0 aliphatic heterocycles. The minimum atomic E-state index is -0.00398. The van der Waals surface area contributed by atoms with Crippen LogP contribution in [0, 0.1) is 23.7 Å². The van der Waals surface area contributed by atoms with E-state index >= 15 is 0 Å². The number of nitrogens with one attached hydrogen (secondary N) is 1. The largest absolute Gasteiger partial charge is 0.374 e. The van der Waals surface area contributed by atoms with E-state index in [2.05, 4.69) is 50.1 Å². The molecule has 0 bridgehead atoms. The lowest BCUT2D eigenvalue weighted by molar-refractivity contribution is -0.123. The Balaban J connectivity index is 2.43. The van der Waals surface area contributed by atoms with Gasteiger partial charge in [0.05, 0.1) is 0 Å². The maximum atomic E-state index is 12.4. The van der Waals surface area contributed by atoms with Crippen molar-refractivity contribution in [3.8, 4) is 11.8 Å². The number of carbonyl (C=O) groups excluding carboxylic acids is 2. The van der Waals surface area contributed by atoms with E-state index in [1.807, 2.05) is 47.6 Å². The molecule has 0 fully saturated rings. The highest BCUT2D eigenvalue weighted by Crippen LogP contribution is 2.41. The number of ether oxygens (including phenoxy) is 1. The van der Waals surface area contributed by atoms with Gasteiger partial charge >= 0.3 is 0 Å². The first-order chi connectivity index (χ1) is 16.3. The fourth-order valence-electron chi connectivity index (χ4n) is 3.19. The van der Waals surface area contributed by atoms with E-state index in [0.29, 0.717) is 42.1 Å². The molecule has 1 unspecified atom stereocenters. The summed E-state index contributed by atoms with van der Waals surface area (Å²) in [6.07, 6.45) is 5.06. The van der Waals surface area contributed by atoms with Gasteiger partial charge in [0.15, 0.2) is 5.78 Å². The average molecular weight is 506 g/mol. The average Bonchev–Trinajstić information content (AvgIpc) is 2.81. The third-order valence-electron chi connectivity index (χ3n) is 5.03. The molecule has 1 aromatic carbocycles. The molecule has 4 nitrogen and oxygen atoms in total. The summed E-state index contributed by atoms with van der Waals surface area (Å²) in [6.45, 7) is 12.1. The molecule has 0 radical (unpaired) electrons. The summed E-state index contributed by atoms with van der Waals surface area (Å²) in [5.41, 5.74) is 1.93. The van der Waals surface area contributed by atoms with Crippen LogP contribution in [-0.2, 0) is 9.53 Å². The van der Waals surface area contributed by atoms with Gasteiger partial charge in [0.25, 0.3) is 5.91 Å². The van der Waals surface area contributed by atoms with Gasteiger partial charge in [-0.1, -0.05) is 68.3 Å². The Morgan fingerprint density at radius 2 is 1.79 bits per heavy atom. The topological polar surface area (TPSA) is 55.4 Å². The summed E-state index contributed by atoms with van der Waals surface area (Å²) < 4.78 is 5.61. The molecular weight excluding hydrogens is 462 g/mol. The number of ketones is 1. The monoisotopic (exact) mass is 505 g/mol. The summed E-state index contributed by atoms with van der Waals surface area (Å²) in [6, 6.07) is 7.99. The Morgan fingerprint density at radius 3 is 2.44 bits per heavy atom. The molecule has 0 heterocycles. The molecule has 0 aromatic heterocycles. The highest BCUT2D eigenvalue weighted by molar-refractivity contribution is 8.76. The number of hydrogen-bond acceptors (Lipinski definition) is 5. The standard InChI is InChI=1S/C28H43NO3S2/c1-6-33-34-27(14-10-20-32-21-26(30)13-8-7-11-22(2)3)24-15-17-25(18-16-24)28(31)29-19-9-12-23(4)5/h15-18,22-23,27H,6,8-10,12-14,19-21H2,1-5H3,(H,29,31). The third kappa shape index (κ3) is 14.8. The van der Waals surface area contributed by atoms with Gasteiger partial charge in [-0.15, -0.1) is 11.8 Å². The van der Waals surface area contributed by atoms with Gasteiger partial charge in [-0.05, 0) is 49.3 Å². The molecule has 1 N–H and O–H groups in total. The minimum Gasteiger partial charge on any atom is -0.374 e. The van der Waals surface area contributed by atoms with Gasteiger partial charge in [-0.25, -0.2) is 0 Å². The van der Waals surface area contributed by atoms with Crippen LogP contribution in [0.2, 0.25) is 0 Å². The number of amides is 1. The maximum Gasteiger partial charge on any atom is 0.251 e. The molecule has 0 aliphatic carbocycles. The molecule has 1 atom stereocenters. The Hall–Kier alpha value is -1.42. The predicted octanol–water partition coefficient (Wildman–Crippen LogP) is 7.10. The lowest BCUT2D eigenvalue weighted by atomic mass is 10.0. The van der Waals surface area contributed by atoms with E-state index in [1.165, 1.54) is 5.56 Å². The van der Waals surface area contributed by atoms with Crippen LogP contribution in [-0.4, -0.2) is 37.2 Å². The highest BCUT2D eigenvalue weighted by atomic mass is 33.1. The predicted molar refractivity (Wildman–Crippen MR) is 148 cm³/mol. The van der Waals surface area contributed by atoms with Gasteiger partial charge in [-0.2, -0.15) is 0 Å². The van der Waals surface area contributed by atoms with E-state index < -0.39 is 0 Å². The van der Waals surface area contributed by atoms with Crippen molar-refractivity contribution in [2.24, 2.45) is 11.8 Å². The van der Waals surface area contributed by atoms with Crippen molar-refractivity contribution in [3.05, 3.63) is 35.4 Å². The van der Waals surface area contributed by atoms with E-state index in [9.17, 15) is 9.59 Å². The molecular formula is C28H43NO3S2. The fourth-order valence-corrected chi connectivity index (χ4v) is 5.55. The van der Waals surface area contributed by atoms with E-state index in [-0.39, 0.29) is 18.3 Å². The number of Topliss-reactive ketones (excluding diaryl/α,β-unsaturated/α-hetero) is 1. The third-order valence-corrected chi connectivity index (χ3v) is 7.95. The van der Waals surface area contributed by atoms with Crippen LogP contribution in [0.15, 0.2) is 24.3 Å². The summed E-state index contributed by atoms with van der Waals surface area (Å²) in [5.74, 6) is 8.28. The highest BCUT2D eigenvalue weighted by Gasteiger charge is 2.14. The zero-order valence-electron chi connectivity index (χ0n) is 21.7. The lowest BCUT2D eigenvalue weighted by Gasteiger charge is -2.17. The summed E-state index contributed by atoms with van der Waals surface area (Å²) >= 11 is 0. The second-order valence-electron chi connectivity index (χ2n) is 9.11. The van der Waals surface area contributed by atoms with Crippen LogP contribution in [0.3, 0.4) is 0 Å². The number of benzene rings is 1. The van der Waals surface area contributed by atoms with Crippen molar-refractivity contribution in [2.75, 3.05) is 25.5 Å². The Morgan fingerprint density at radius 1 is 1.06 bits per heavy atom. The second-order valence-corrected chi connectivity index (χ2v) is 12.0. The van der Waals surface area contributed by atoms with Crippen LogP contribution in [0.1, 0.15) is 94.3 Å². The van der Waals surface area contributed by atoms with Crippen LogP contribution >= 0.6 is 21.6 Å². The van der Waals surface area contributed by atoms with Crippen molar-refractivity contribution in [1.29, 1.82) is 0 Å². The first-order valence-corrected chi connectivity index (χ1v) is 15.0. The van der Waals surface area contributed by atoms with E-state index in [1.54, 1.807) is 0 Å². The van der Waals surface area contributed by atoms with Gasteiger partial charge in [0.1, 0.15) is 6.61 Å². The summed E-state index contributed by atoms with van der Waals surface area (Å²) in [4.78, 5) is 24.3. The number of rotatable bonds is 17. The van der Waals surface area contributed by atoms with E-state index in [4.69, 9.17) is 4.74 Å². The van der Waals surface area contributed by atoms with Gasteiger partial charge in [0.2, 0.25) is 0 Å². The molecule has 1 rings (SSSR count). The maximum absolute atomic E-state index is 12.4. The van der Waals surface area contributed by atoms with Crippen molar-refractivity contribution < 1.29 is 14.3 Å². The zero-order valence-corrected chi connectivity index (χ0v) is 23.3. The SMILES string of the molecule is CCSSC(CCCOCC(=O)CCC#CC(C)C)c1ccc(C(=O)NCCCC(C)C)cc1. The summed E-state index contributed by atoms with van der Waals surface area (Å²) in [5, 5.41) is 3.35. The first-order valence-electron chi connectivity index (χ1n) is 12.6. The quantitative estimate of drug-likeness (QED) is 0.139. The van der Waals surface area contributed by atoms with Crippen LogP contribution < -0.4 is 5.32 Å². The minimum absolute atomic E-state index is 0.00398. The zero-order chi connectivity index (χ0) is 25.2. The molecule has 0 aliphatic rings. The molecule has 34 heavy (non-hydrogen) atoms. The Labute approximate surface area is 215 Å². The smallest absolute Gasteiger partial charge is 0.251 e. The number of hydrogen-bond donors (Lipinski definition) is 1. The van der Waals surface area contributed by atoms with Crippen LogP contribution in [0.25, 0.3) is 0 Å². The molecule has 0 spiro atoms. The molecule has 1 aromatic rings. The normalized spacial score (nSPS) is 11.9. The molecule has 0 saturated carbocycles. The Bertz CT molecular complexity index is 766. The van der Waals surface area contributed by atoms with Gasteiger partial charge in [0, 0.05) is 48.5 Å². The summed E-state index contributed by atoms with van der Waals surface area (Å²) in [7, 11) is 3.72. The number of carbonyl (C=O) groups is 2. The van der Waals surface area contributed by atoms with Crippen molar-refractivity contribution in [2.45, 2.75) is 78.4 Å². The molecule has 1 amide bonds. The van der Waals surface area contributed by atoms with Crippen molar-refractivity contribution >= 4 is 33.3 Å². The Kier molecular flexibility index (Phi) is 17.0. The molecule has 6 heteroatoms. The van der Waals surface area contributed by atoms with Gasteiger partial charge < -0.3 is 10.1 Å². The van der Waals surface area contributed by atoms with Crippen molar-refractivity contribution in [3.63, 3.8) is 0 Å². The second kappa shape index (κ2) is 18.9. The lowest BCUT2D eigenvalue weighted by Crippen LogP contribution is -2.24. The van der Waals surface area contributed by atoms with Crippen LogP contribution in [0.4, 0.5) is 0 Å².